The largest absolute Gasteiger partial charge is 0.421 e. The lowest BCUT2D eigenvalue weighted by Crippen LogP contribution is -2.20. The second-order valence-corrected chi connectivity index (χ2v) is 7.03. The number of carbonyl (C=O) groups is 1. The summed E-state index contributed by atoms with van der Waals surface area (Å²) in [7, 11) is 0. The van der Waals surface area contributed by atoms with E-state index in [0.29, 0.717) is 24.0 Å². The van der Waals surface area contributed by atoms with Gasteiger partial charge in [0.05, 0.1) is 12.6 Å². The molecule has 1 fully saturated rings. The maximum atomic E-state index is 12.0. The molecule has 0 spiro atoms. The van der Waals surface area contributed by atoms with Crippen molar-refractivity contribution in [3.8, 4) is 5.75 Å². The SMILES string of the molecule is CC(C)(C)CC(=O)Oc1cnc(Cl)nc1NC1CCCC1. The lowest BCUT2D eigenvalue weighted by Gasteiger charge is -2.18. The van der Waals surface area contributed by atoms with Crippen LogP contribution in [0.3, 0.4) is 0 Å². The highest BCUT2D eigenvalue weighted by Gasteiger charge is 2.21. The molecule has 2 rings (SSSR count). The van der Waals surface area contributed by atoms with E-state index in [4.69, 9.17) is 16.3 Å². The van der Waals surface area contributed by atoms with Crippen LogP contribution in [-0.2, 0) is 4.79 Å². The molecule has 1 aliphatic rings. The Kier molecular flexibility index (Phi) is 5.04. The van der Waals surface area contributed by atoms with Gasteiger partial charge in [0, 0.05) is 6.04 Å². The minimum Gasteiger partial charge on any atom is -0.421 e. The van der Waals surface area contributed by atoms with Gasteiger partial charge in [-0.3, -0.25) is 4.79 Å². The van der Waals surface area contributed by atoms with Crippen molar-refractivity contribution in [1.29, 1.82) is 0 Å². The lowest BCUT2D eigenvalue weighted by atomic mass is 9.92. The van der Waals surface area contributed by atoms with Crippen LogP contribution >= 0.6 is 11.6 Å². The molecule has 0 unspecified atom stereocenters. The Morgan fingerprint density at radius 3 is 2.71 bits per heavy atom. The van der Waals surface area contributed by atoms with E-state index < -0.39 is 0 Å². The fraction of sp³-hybridized carbons (Fsp3) is 0.667. The second kappa shape index (κ2) is 6.60. The molecule has 1 saturated carbocycles. The number of rotatable bonds is 4. The van der Waals surface area contributed by atoms with Gasteiger partial charge < -0.3 is 10.1 Å². The Morgan fingerprint density at radius 1 is 1.43 bits per heavy atom. The minimum atomic E-state index is -0.289. The van der Waals surface area contributed by atoms with Crippen LogP contribution in [0, 0.1) is 5.41 Å². The van der Waals surface area contributed by atoms with E-state index in [9.17, 15) is 4.79 Å². The van der Waals surface area contributed by atoms with Crippen LogP contribution in [0.25, 0.3) is 0 Å². The second-order valence-electron chi connectivity index (χ2n) is 6.69. The van der Waals surface area contributed by atoms with Gasteiger partial charge >= 0.3 is 5.97 Å². The molecular weight excluding hydrogens is 290 g/mol. The average Bonchev–Trinajstić information content (AvgIpc) is 2.83. The summed E-state index contributed by atoms with van der Waals surface area (Å²) in [6.45, 7) is 5.97. The first kappa shape index (κ1) is 16.0. The molecule has 0 saturated heterocycles. The highest BCUT2D eigenvalue weighted by atomic mass is 35.5. The van der Waals surface area contributed by atoms with Crippen molar-refractivity contribution in [1.82, 2.24) is 9.97 Å². The van der Waals surface area contributed by atoms with Crippen LogP contribution in [-0.4, -0.2) is 22.0 Å². The van der Waals surface area contributed by atoms with Crippen molar-refractivity contribution in [2.45, 2.75) is 58.9 Å². The molecule has 1 aliphatic carbocycles. The van der Waals surface area contributed by atoms with Gasteiger partial charge in [-0.2, -0.15) is 4.98 Å². The molecule has 5 nitrogen and oxygen atoms in total. The van der Waals surface area contributed by atoms with Crippen LogP contribution in [0.15, 0.2) is 6.20 Å². The van der Waals surface area contributed by atoms with E-state index in [1.807, 2.05) is 20.8 Å². The zero-order valence-electron chi connectivity index (χ0n) is 12.8. The number of hydrogen-bond donors (Lipinski definition) is 1. The van der Waals surface area contributed by atoms with Gasteiger partial charge in [0.15, 0.2) is 11.6 Å². The topological polar surface area (TPSA) is 64.1 Å². The number of nitrogens with one attached hydrogen (secondary N) is 1. The van der Waals surface area contributed by atoms with Gasteiger partial charge in [-0.15, -0.1) is 0 Å². The van der Waals surface area contributed by atoms with Crippen LogP contribution in [0.4, 0.5) is 5.82 Å². The molecule has 6 heteroatoms. The minimum absolute atomic E-state index is 0.122. The first-order valence-electron chi connectivity index (χ1n) is 7.33. The molecule has 21 heavy (non-hydrogen) atoms. The molecule has 0 radical (unpaired) electrons. The third kappa shape index (κ3) is 5.16. The summed E-state index contributed by atoms with van der Waals surface area (Å²) in [5.74, 6) is 0.563. The number of aromatic nitrogens is 2. The number of hydrogen-bond acceptors (Lipinski definition) is 5. The highest BCUT2D eigenvalue weighted by molar-refractivity contribution is 6.28. The zero-order valence-corrected chi connectivity index (χ0v) is 13.5. The zero-order chi connectivity index (χ0) is 15.5. The average molecular weight is 312 g/mol. The first-order valence-corrected chi connectivity index (χ1v) is 7.71. The molecule has 1 aromatic heterocycles. The van der Waals surface area contributed by atoms with Crippen molar-refractivity contribution in [3.63, 3.8) is 0 Å². The molecule has 0 aromatic carbocycles. The molecule has 0 amide bonds. The number of ether oxygens (including phenoxy) is 1. The van der Waals surface area contributed by atoms with Gasteiger partial charge in [-0.05, 0) is 29.9 Å². The molecule has 0 atom stereocenters. The van der Waals surface area contributed by atoms with Crippen molar-refractivity contribution < 1.29 is 9.53 Å². The lowest BCUT2D eigenvalue weighted by molar-refractivity contribution is -0.136. The normalized spacial score (nSPS) is 16.0. The predicted octanol–water partition coefficient (Wildman–Crippen LogP) is 3.83. The van der Waals surface area contributed by atoms with Gasteiger partial charge in [0.25, 0.3) is 0 Å². The summed E-state index contributed by atoms with van der Waals surface area (Å²) in [6.07, 6.45) is 6.38. The smallest absolute Gasteiger partial charge is 0.311 e. The molecule has 1 aromatic rings. The van der Waals surface area contributed by atoms with Gasteiger partial charge in [-0.1, -0.05) is 33.6 Å². The number of anilines is 1. The summed E-state index contributed by atoms with van der Waals surface area (Å²) in [5, 5.41) is 3.45. The van der Waals surface area contributed by atoms with Gasteiger partial charge in [0.2, 0.25) is 5.28 Å². The van der Waals surface area contributed by atoms with Crippen molar-refractivity contribution in [2.75, 3.05) is 5.32 Å². The van der Waals surface area contributed by atoms with E-state index in [2.05, 4.69) is 15.3 Å². The monoisotopic (exact) mass is 311 g/mol. The number of carbonyl (C=O) groups excluding carboxylic acids is 1. The summed E-state index contributed by atoms with van der Waals surface area (Å²) in [4.78, 5) is 20.0. The van der Waals surface area contributed by atoms with Crippen molar-refractivity contribution >= 4 is 23.4 Å². The van der Waals surface area contributed by atoms with Gasteiger partial charge in [-0.25, -0.2) is 4.98 Å². The third-order valence-corrected chi connectivity index (χ3v) is 3.50. The Bertz CT molecular complexity index is 508. The summed E-state index contributed by atoms with van der Waals surface area (Å²) >= 11 is 5.84. The number of nitrogens with zero attached hydrogens (tertiary/aromatic N) is 2. The van der Waals surface area contributed by atoms with Crippen LogP contribution in [0.5, 0.6) is 5.75 Å². The summed E-state index contributed by atoms with van der Waals surface area (Å²) in [5.41, 5.74) is -0.122. The van der Waals surface area contributed by atoms with E-state index >= 15 is 0 Å². The van der Waals surface area contributed by atoms with Crippen LogP contribution in [0.2, 0.25) is 5.28 Å². The Labute approximate surface area is 130 Å². The fourth-order valence-corrected chi connectivity index (χ4v) is 2.52. The Balaban J connectivity index is 2.08. The number of halogens is 1. The number of esters is 1. The molecular formula is C15H22ClN3O2. The Morgan fingerprint density at radius 2 is 2.10 bits per heavy atom. The fourth-order valence-electron chi connectivity index (χ4n) is 2.38. The maximum Gasteiger partial charge on any atom is 0.311 e. The van der Waals surface area contributed by atoms with E-state index in [-0.39, 0.29) is 16.7 Å². The molecule has 1 N–H and O–H groups in total. The van der Waals surface area contributed by atoms with E-state index in [1.54, 1.807) is 0 Å². The van der Waals surface area contributed by atoms with Crippen molar-refractivity contribution in [3.05, 3.63) is 11.5 Å². The van der Waals surface area contributed by atoms with E-state index in [1.165, 1.54) is 19.0 Å². The van der Waals surface area contributed by atoms with Gasteiger partial charge in [0.1, 0.15) is 0 Å². The van der Waals surface area contributed by atoms with Crippen molar-refractivity contribution in [2.24, 2.45) is 5.41 Å². The van der Waals surface area contributed by atoms with Crippen LogP contribution in [0.1, 0.15) is 52.9 Å². The predicted molar refractivity (Wildman–Crippen MR) is 82.6 cm³/mol. The summed E-state index contributed by atoms with van der Waals surface area (Å²) in [6, 6.07) is 0.357. The first-order chi connectivity index (χ1) is 9.83. The quantitative estimate of drug-likeness (QED) is 0.676. The molecule has 0 aliphatic heterocycles. The molecule has 1 heterocycles. The van der Waals surface area contributed by atoms with E-state index in [0.717, 1.165) is 12.8 Å². The standard InChI is InChI=1S/C15H22ClN3O2/c1-15(2,3)8-12(20)21-11-9-17-14(16)19-13(11)18-10-6-4-5-7-10/h9-10H,4-8H2,1-3H3,(H,17,18,19). The molecule has 116 valence electrons. The maximum absolute atomic E-state index is 12.0. The summed E-state index contributed by atoms with van der Waals surface area (Å²) < 4.78 is 5.40. The Hall–Kier alpha value is -1.36. The third-order valence-electron chi connectivity index (χ3n) is 3.32. The molecule has 0 bridgehead atoms. The highest BCUT2D eigenvalue weighted by Crippen LogP contribution is 2.29. The van der Waals surface area contributed by atoms with Crippen LogP contribution < -0.4 is 10.1 Å².